The summed E-state index contributed by atoms with van der Waals surface area (Å²) in [5.41, 5.74) is 1.90. The lowest BCUT2D eigenvalue weighted by atomic mass is 9.92. The van der Waals surface area contributed by atoms with Crippen LogP contribution in [0.25, 0.3) is 22.3 Å². The first-order chi connectivity index (χ1) is 15.9. The predicted octanol–water partition coefficient (Wildman–Crippen LogP) is 3.66. The van der Waals surface area contributed by atoms with E-state index in [1.54, 1.807) is 24.3 Å². The van der Waals surface area contributed by atoms with Crippen LogP contribution in [-0.4, -0.2) is 58.7 Å². The molecule has 1 aliphatic heterocycles. The molecule has 2 aromatic carbocycles. The lowest BCUT2D eigenvalue weighted by Crippen LogP contribution is -2.40. The SMILES string of the molecule is COc1ncc(-c2c(OC)cc(C(=O)N3CCCC3C(=O)O)cc2-c2ccccc2F)cn1. The van der Waals surface area contributed by atoms with E-state index in [4.69, 9.17) is 9.47 Å². The third-order valence-corrected chi connectivity index (χ3v) is 5.63. The summed E-state index contributed by atoms with van der Waals surface area (Å²) in [6, 6.07) is 8.55. The zero-order valence-electron chi connectivity index (χ0n) is 18.1. The van der Waals surface area contributed by atoms with Crippen molar-refractivity contribution in [3.63, 3.8) is 0 Å². The number of hydrogen-bond donors (Lipinski definition) is 1. The van der Waals surface area contributed by atoms with Crippen LogP contribution in [0.2, 0.25) is 0 Å². The Hall–Kier alpha value is -4.01. The van der Waals surface area contributed by atoms with E-state index in [9.17, 15) is 19.1 Å². The van der Waals surface area contributed by atoms with Crippen molar-refractivity contribution < 1.29 is 28.6 Å². The van der Waals surface area contributed by atoms with Gasteiger partial charge in [0.05, 0.1) is 14.2 Å². The topological polar surface area (TPSA) is 102 Å². The molecule has 0 bridgehead atoms. The van der Waals surface area contributed by atoms with Crippen molar-refractivity contribution in [3.05, 3.63) is 60.2 Å². The number of hydrogen-bond acceptors (Lipinski definition) is 6. The highest BCUT2D eigenvalue weighted by molar-refractivity contribution is 6.01. The average molecular weight is 451 g/mol. The van der Waals surface area contributed by atoms with Crippen LogP contribution in [-0.2, 0) is 4.79 Å². The number of rotatable bonds is 6. The summed E-state index contributed by atoms with van der Waals surface area (Å²) >= 11 is 0. The van der Waals surface area contributed by atoms with Crippen molar-refractivity contribution in [2.45, 2.75) is 18.9 Å². The monoisotopic (exact) mass is 451 g/mol. The number of aliphatic carboxylic acids is 1. The molecule has 4 rings (SSSR count). The van der Waals surface area contributed by atoms with Gasteiger partial charge >= 0.3 is 12.0 Å². The van der Waals surface area contributed by atoms with Crippen LogP contribution < -0.4 is 9.47 Å². The minimum Gasteiger partial charge on any atom is -0.496 e. The zero-order valence-corrected chi connectivity index (χ0v) is 18.1. The molecule has 2 heterocycles. The minimum absolute atomic E-state index is 0.172. The molecule has 9 heteroatoms. The number of nitrogens with zero attached hydrogens (tertiary/aromatic N) is 3. The standard InChI is InChI=1S/C24H22FN3O5/c1-32-20-11-14(22(29)28-9-5-8-19(28)23(30)31)10-17(16-6-3-4-7-18(16)25)21(20)15-12-26-24(33-2)27-13-15/h3-4,6-7,10-13,19H,5,8-9H2,1-2H3,(H,30,31). The van der Waals surface area contributed by atoms with Crippen LogP contribution in [0.4, 0.5) is 4.39 Å². The largest absolute Gasteiger partial charge is 0.496 e. The fourth-order valence-corrected chi connectivity index (χ4v) is 4.07. The van der Waals surface area contributed by atoms with Gasteiger partial charge in [-0.1, -0.05) is 18.2 Å². The Labute approximate surface area is 189 Å². The molecule has 8 nitrogen and oxygen atoms in total. The summed E-state index contributed by atoms with van der Waals surface area (Å²) in [5, 5.41) is 9.49. The second kappa shape index (κ2) is 9.23. The number of carbonyl (C=O) groups excluding carboxylic acids is 1. The maximum absolute atomic E-state index is 14.9. The Morgan fingerprint density at radius 1 is 1.09 bits per heavy atom. The maximum Gasteiger partial charge on any atom is 0.326 e. The summed E-state index contributed by atoms with van der Waals surface area (Å²) in [7, 11) is 2.89. The second-order valence-corrected chi connectivity index (χ2v) is 7.53. The molecular weight excluding hydrogens is 429 g/mol. The highest BCUT2D eigenvalue weighted by Crippen LogP contribution is 2.41. The Morgan fingerprint density at radius 3 is 2.45 bits per heavy atom. The molecule has 1 aliphatic rings. The van der Waals surface area contributed by atoms with Crippen molar-refractivity contribution in [3.8, 4) is 34.0 Å². The van der Waals surface area contributed by atoms with Crippen LogP contribution in [0.3, 0.4) is 0 Å². The number of benzene rings is 2. The normalized spacial score (nSPS) is 15.4. The number of carboxylic acid groups (broad SMARTS) is 1. The van der Waals surface area contributed by atoms with E-state index < -0.39 is 23.7 Å². The quantitative estimate of drug-likeness (QED) is 0.610. The van der Waals surface area contributed by atoms with Gasteiger partial charge in [-0.3, -0.25) is 4.79 Å². The molecule has 1 N–H and O–H groups in total. The Balaban J connectivity index is 1.91. The van der Waals surface area contributed by atoms with E-state index in [0.29, 0.717) is 41.8 Å². The summed E-state index contributed by atoms with van der Waals surface area (Å²) in [6.45, 7) is 0.335. The van der Waals surface area contributed by atoms with E-state index in [2.05, 4.69) is 9.97 Å². The zero-order chi connectivity index (χ0) is 23.5. The lowest BCUT2D eigenvalue weighted by Gasteiger charge is -2.23. The van der Waals surface area contributed by atoms with Gasteiger partial charge in [0.1, 0.15) is 17.6 Å². The van der Waals surface area contributed by atoms with Gasteiger partial charge in [0.2, 0.25) is 0 Å². The molecule has 0 saturated carbocycles. The molecular formula is C24H22FN3O5. The second-order valence-electron chi connectivity index (χ2n) is 7.53. The number of carboxylic acids is 1. The van der Waals surface area contributed by atoms with Gasteiger partial charge < -0.3 is 19.5 Å². The summed E-state index contributed by atoms with van der Waals surface area (Å²) < 4.78 is 25.5. The molecule has 0 radical (unpaired) electrons. The maximum atomic E-state index is 14.9. The first-order valence-corrected chi connectivity index (χ1v) is 10.3. The molecule has 1 unspecified atom stereocenters. The highest BCUT2D eigenvalue weighted by Gasteiger charge is 2.35. The van der Waals surface area contributed by atoms with Gasteiger partial charge in [0.15, 0.2) is 0 Å². The van der Waals surface area contributed by atoms with E-state index >= 15 is 0 Å². The number of aromatic nitrogens is 2. The molecule has 1 fully saturated rings. The fraction of sp³-hybridized carbons (Fsp3) is 0.250. The van der Waals surface area contributed by atoms with Crippen LogP contribution in [0.1, 0.15) is 23.2 Å². The first kappa shape index (κ1) is 22.2. The Bertz CT molecular complexity index is 1200. The highest BCUT2D eigenvalue weighted by atomic mass is 19.1. The number of amides is 1. The minimum atomic E-state index is -1.05. The number of likely N-dealkylation sites (tertiary alicyclic amines) is 1. The van der Waals surface area contributed by atoms with Crippen molar-refractivity contribution in [2.24, 2.45) is 0 Å². The molecule has 0 spiro atoms. The van der Waals surface area contributed by atoms with Crippen LogP contribution in [0.5, 0.6) is 11.8 Å². The Morgan fingerprint density at radius 2 is 1.82 bits per heavy atom. The number of methoxy groups -OCH3 is 2. The average Bonchev–Trinajstić information content (AvgIpc) is 3.33. The van der Waals surface area contributed by atoms with E-state index in [1.165, 1.54) is 43.6 Å². The number of halogens is 1. The summed E-state index contributed by atoms with van der Waals surface area (Å²) in [5.74, 6) is -1.68. The van der Waals surface area contributed by atoms with Crippen molar-refractivity contribution >= 4 is 11.9 Å². The van der Waals surface area contributed by atoms with E-state index in [1.807, 2.05) is 0 Å². The smallest absolute Gasteiger partial charge is 0.326 e. The van der Waals surface area contributed by atoms with E-state index in [-0.39, 0.29) is 17.1 Å². The van der Waals surface area contributed by atoms with Gasteiger partial charge in [0.25, 0.3) is 5.91 Å². The molecule has 1 atom stereocenters. The van der Waals surface area contributed by atoms with Crippen molar-refractivity contribution in [1.82, 2.24) is 14.9 Å². The Kier molecular flexibility index (Phi) is 6.21. The summed E-state index contributed by atoms with van der Waals surface area (Å²) in [6.07, 6.45) is 4.04. The predicted molar refractivity (Wildman–Crippen MR) is 118 cm³/mol. The number of ether oxygens (including phenoxy) is 2. The number of carbonyl (C=O) groups is 2. The molecule has 1 aromatic heterocycles. The van der Waals surface area contributed by atoms with Crippen molar-refractivity contribution in [1.29, 1.82) is 0 Å². The molecule has 1 amide bonds. The van der Waals surface area contributed by atoms with Gasteiger partial charge in [-0.05, 0) is 36.6 Å². The molecule has 170 valence electrons. The fourth-order valence-electron chi connectivity index (χ4n) is 4.07. The molecule has 33 heavy (non-hydrogen) atoms. The van der Waals surface area contributed by atoms with E-state index in [0.717, 1.165) is 0 Å². The summed E-state index contributed by atoms with van der Waals surface area (Å²) in [4.78, 5) is 34.5. The molecule has 3 aromatic rings. The molecule has 1 saturated heterocycles. The lowest BCUT2D eigenvalue weighted by molar-refractivity contribution is -0.141. The van der Waals surface area contributed by atoms with Gasteiger partial charge in [0, 0.05) is 41.2 Å². The van der Waals surface area contributed by atoms with Gasteiger partial charge in [-0.2, -0.15) is 0 Å². The third-order valence-electron chi connectivity index (χ3n) is 5.63. The van der Waals surface area contributed by atoms with Gasteiger partial charge in [-0.15, -0.1) is 0 Å². The third kappa shape index (κ3) is 4.21. The van der Waals surface area contributed by atoms with Crippen LogP contribution in [0.15, 0.2) is 48.8 Å². The first-order valence-electron chi connectivity index (χ1n) is 10.3. The van der Waals surface area contributed by atoms with Crippen molar-refractivity contribution in [2.75, 3.05) is 20.8 Å². The molecule has 0 aliphatic carbocycles. The van der Waals surface area contributed by atoms with Crippen LogP contribution >= 0.6 is 0 Å². The van der Waals surface area contributed by atoms with Crippen LogP contribution in [0, 0.1) is 5.82 Å². The van der Waals surface area contributed by atoms with Gasteiger partial charge in [-0.25, -0.2) is 19.2 Å².